The zero-order valence-electron chi connectivity index (χ0n) is 12.8. The highest BCUT2D eigenvalue weighted by atomic mass is 16.5. The second-order valence-electron chi connectivity index (χ2n) is 4.57. The Bertz CT molecular complexity index is 589. The molecule has 1 N–H and O–H groups in total. The van der Waals surface area contributed by atoms with Crippen molar-refractivity contribution in [1.29, 1.82) is 0 Å². The van der Waals surface area contributed by atoms with Gasteiger partial charge in [-0.25, -0.2) is 9.59 Å². The number of ether oxygens (including phenoxy) is 2. The third-order valence-electron chi connectivity index (χ3n) is 3.07. The van der Waals surface area contributed by atoms with Crippen LogP contribution in [0.3, 0.4) is 0 Å². The van der Waals surface area contributed by atoms with Crippen LogP contribution in [0.1, 0.15) is 24.0 Å². The molecule has 22 heavy (non-hydrogen) atoms. The van der Waals surface area contributed by atoms with Crippen LogP contribution in [0.2, 0.25) is 0 Å². The van der Waals surface area contributed by atoms with Crippen molar-refractivity contribution in [1.82, 2.24) is 0 Å². The molecule has 0 aromatic heterocycles. The van der Waals surface area contributed by atoms with Crippen LogP contribution in [0.15, 0.2) is 41.6 Å². The van der Waals surface area contributed by atoms with Gasteiger partial charge in [0.25, 0.3) is 0 Å². The number of nitrogens with zero attached hydrogens (tertiary/aromatic N) is 1. The predicted molar refractivity (Wildman–Crippen MR) is 80.9 cm³/mol. The molecule has 6 heteroatoms. The number of methoxy groups -OCH3 is 1. The van der Waals surface area contributed by atoms with Gasteiger partial charge in [-0.2, -0.15) is 0 Å². The Morgan fingerprint density at radius 3 is 2.32 bits per heavy atom. The molecule has 0 fully saturated rings. The molecule has 1 aromatic carbocycles. The highest BCUT2D eigenvalue weighted by Crippen LogP contribution is 2.27. The summed E-state index contributed by atoms with van der Waals surface area (Å²) in [7, 11) is 1.21. The van der Waals surface area contributed by atoms with Crippen LogP contribution in [0.5, 0.6) is 0 Å². The number of benzene rings is 1. The van der Waals surface area contributed by atoms with E-state index in [2.05, 4.69) is 16.5 Å². The number of aryl methyl sites for hydroxylation is 1. The van der Waals surface area contributed by atoms with E-state index in [1.165, 1.54) is 7.11 Å². The molecular formula is C16H19NO5. The highest BCUT2D eigenvalue weighted by molar-refractivity contribution is 6.40. The van der Waals surface area contributed by atoms with E-state index >= 15 is 0 Å². The Balaban J connectivity index is 3.32. The summed E-state index contributed by atoms with van der Waals surface area (Å²) in [5.41, 5.74) is 1.24. The Kier molecular flexibility index (Phi) is 6.31. The summed E-state index contributed by atoms with van der Waals surface area (Å²) in [6, 6.07) is 7.07. The molecule has 1 rings (SSSR count). The maximum absolute atomic E-state index is 12.0. The van der Waals surface area contributed by atoms with Gasteiger partial charge in [-0.05, 0) is 19.4 Å². The lowest BCUT2D eigenvalue weighted by Crippen LogP contribution is -2.28. The van der Waals surface area contributed by atoms with Crippen LogP contribution < -0.4 is 0 Å². The first-order valence-corrected chi connectivity index (χ1v) is 6.69. The van der Waals surface area contributed by atoms with E-state index in [0.29, 0.717) is 5.56 Å². The molecule has 1 aromatic rings. The molecule has 1 atom stereocenters. The van der Waals surface area contributed by atoms with E-state index < -0.39 is 17.9 Å². The fraction of sp³-hybridized carbons (Fsp3) is 0.312. The lowest BCUT2D eigenvalue weighted by atomic mass is 9.87. The van der Waals surface area contributed by atoms with Crippen LogP contribution in [-0.4, -0.2) is 36.6 Å². The van der Waals surface area contributed by atoms with Gasteiger partial charge in [-0.1, -0.05) is 41.6 Å². The van der Waals surface area contributed by atoms with Gasteiger partial charge in [0.15, 0.2) is 5.71 Å². The van der Waals surface area contributed by atoms with Crippen molar-refractivity contribution in [3.8, 4) is 0 Å². The first-order valence-electron chi connectivity index (χ1n) is 6.69. The monoisotopic (exact) mass is 305 g/mol. The normalized spacial score (nSPS) is 12.4. The summed E-state index contributed by atoms with van der Waals surface area (Å²) in [4.78, 5) is 23.7. The molecule has 118 valence electrons. The summed E-state index contributed by atoms with van der Waals surface area (Å²) in [6.07, 6.45) is 0. The SMILES string of the molecule is C=C(C(=O)OC)C(/C(=N\O)C(=O)OCC)c1ccc(C)cc1. The van der Waals surface area contributed by atoms with Crippen molar-refractivity contribution in [2.24, 2.45) is 5.16 Å². The molecule has 0 aliphatic rings. The molecule has 0 spiro atoms. The Morgan fingerprint density at radius 1 is 1.27 bits per heavy atom. The summed E-state index contributed by atoms with van der Waals surface area (Å²) in [5, 5.41) is 12.2. The van der Waals surface area contributed by atoms with Gasteiger partial charge in [0.2, 0.25) is 0 Å². The van der Waals surface area contributed by atoms with Gasteiger partial charge in [0.1, 0.15) is 0 Å². The summed E-state index contributed by atoms with van der Waals surface area (Å²) in [5.74, 6) is -2.46. The first kappa shape index (κ1) is 17.4. The molecule has 0 bridgehead atoms. The van der Waals surface area contributed by atoms with Crippen molar-refractivity contribution in [2.45, 2.75) is 19.8 Å². The molecule has 6 nitrogen and oxygen atoms in total. The minimum atomic E-state index is -0.947. The number of carbonyl (C=O) groups excluding carboxylic acids is 2. The number of hydrogen-bond donors (Lipinski definition) is 1. The molecule has 0 amide bonds. The van der Waals surface area contributed by atoms with Gasteiger partial charge in [0, 0.05) is 5.57 Å². The maximum atomic E-state index is 12.0. The van der Waals surface area contributed by atoms with Crippen LogP contribution in [0.4, 0.5) is 0 Å². The van der Waals surface area contributed by atoms with Crippen molar-refractivity contribution < 1.29 is 24.3 Å². The number of rotatable bonds is 6. The zero-order chi connectivity index (χ0) is 16.7. The molecule has 0 aliphatic heterocycles. The quantitative estimate of drug-likeness (QED) is 0.286. The largest absolute Gasteiger partial charge is 0.466 e. The van der Waals surface area contributed by atoms with Gasteiger partial charge < -0.3 is 14.7 Å². The third-order valence-corrected chi connectivity index (χ3v) is 3.07. The fourth-order valence-electron chi connectivity index (χ4n) is 1.95. The average Bonchev–Trinajstić information content (AvgIpc) is 2.52. The number of esters is 2. The Morgan fingerprint density at radius 2 is 1.86 bits per heavy atom. The standard InChI is InChI=1S/C16H19NO5/c1-5-22-16(19)14(17-20)13(11(3)15(18)21-4)12-8-6-10(2)7-9-12/h6-9,13,20H,3,5H2,1-2,4H3/b17-14+. The zero-order valence-corrected chi connectivity index (χ0v) is 12.8. The van der Waals surface area contributed by atoms with Crippen LogP contribution >= 0.6 is 0 Å². The van der Waals surface area contributed by atoms with Crippen molar-refractivity contribution in [3.05, 3.63) is 47.5 Å². The van der Waals surface area contributed by atoms with Gasteiger partial charge in [0.05, 0.1) is 19.6 Å². The molecular weight excluding hydrogens is 286 g/mol. The van der Waals surface area contributed by atoms with E-state index in [-0.39, 0.29) is 17.9 Å². The fourth-order valence-corrected chi connectivity index (χ4v) is 1.95. The summed E-state index contributed by atoms with van der Waals surface area (Å²) in [6.45, 7) is 7.31. The van der Waals surface area contributed by atoms with Crippen LogP contribution in [0, 0.1) is 6.92 Å². The summed E-state index contributed by atoms with van der Waals surface area (Å²) < 4.78 is 9.51. The maximum Gasteiger partial charge on any atom is 0.357 e. The highest BCUT2D eigenvalue weighted by Gasteiger charge is 2.32. The van der Waals surface area contributed by atoms with E-state index in [1.54, 1.807) is 19.1 Å². The van der Waals surface area contributed by atoms with Gasteiger partial charge in [-0.3, -0.25) is 0 Å². The molecule has 1 unspecified atom stereocenters. The minimum absolute atomic E-state index is 0.0211. The minimum Gasteiger partial charge on any atom is -0.466 e. The first-order chi connectivity index (χ1) is 10.5. The van der Waals surface area contributed by atoms with Crippen LogP contribution in [-0.2, 0) is 19.1 Å². The van der Waals surface area contributed by atoms with E-state index in [4.69, 9.17) is 4.74 Å². The number of carbonyl (C=O) groups is 2. The second-order valence-corrected chi connectivity index (χ2v) is 4.57. The topological polar surface area (TPSA) is 85.2 Å². The Labute approximate surface area is 129 Å². The average molecular weight is 305 g/mol. The van der Waals surface area contributed by atoms with Crippen LogP contribution in [0.25, 0.3) is 0 Å². The number of oxime groups is 1. The van der Waals surface area contributed by atoms with Gasteiger partial charge in [-0.15, -0.1) is 0 Å². The lowest BCUT2D eigenvalue weighted by molar-refractivity contribution is -0.136. The predicted octanol–water partition coefficient (Wildman–Crippen LogP) is 2.20. The van der Waals surface area contributed by atoms with Crippen molar-refractivity contribution in [2.75, 3.05) is 13.7 Å². The van der Waals surface area contributed by atoms with Gasteiger partial charge >= 0.3 is 11.9 Å². The molecule has 0 saturated carbocycles. The molecule has 0 heterocycles. The Hall–Kier alpha value is -2.63. The molecule has 0 aliphatic carbocycles. The van der Waals surface area contributed by atoms with Crippen molar-refractivity contribution >= 4 is 17.7 Å². The number of hydrogen-bond acceptors (Lipinski definition) is 6. The third kappa shape index (κ3) is 3.94. The molecule has 0 radical (unpaired) electrons. The second kappa shape index (κ2) is 7.97. The lowest BCUT2D eigenvalue weighted by Gasteiger charge is -2.19. The van der Waals surface area contributed by atoms with E-state index in [0.717, 1.165) is 5.56 Å². The molecule has 0 saturated heterocycles. The van der Waals surface area contributed by atoms with E-state index in [9.17, 15) is 14.8 Å². The van der Waals surface area contributed by atoms with Crippen molar-refractivity contribution in [3.63, 3.8) is 0 Å². The summed E-state index contributed by atoms with van der Waals surface area (Å²) >= 11 is 0. The van der Waals surface area contributed by atoms with E-state index in [1.807, 2.05) is 19.1 Å². The smallest absolute Gasteiger partial charge is 0.357 e.